The molecular weight excluding hydrogens is 182 g/mol. The van der Waals surface area contributed by atoms with Crippen LogP contribution in [0, 0.1) is 29.1 Å². The van der Waals surface area contributed by atoms with Gasteiger partial charge in [0.2, 0.25) is 0 Å². The average molecular weight is 209 g/mol. The maximum atomic E-state index is 3.58. The van der Waals surface area contributed by atoms with Gasteiger partial charge in [-0.25, -0.2) is 0 Å². The van der Waals surface area contributed by atoms with Crippen molar-refractivity contribution in [3.05, 3.63) is 0 Å². The van der Waals surface area contributed by atoms with Gasteiger partial charge < -0.3 is 5.32 Å². The summed E-state index contributed by atoms with van der Waals surface area (Å²) in [6, 6.07) is 0. The molecule has 15 heavy (non-hydrogen) atoms. The van der Waals surface area contributed by atoms with E-state index in [0.29, 0.717) is 0 Å². The van der Waals surface area contributed by atoms with E-state index in [9.17, 15) is 0 Å². The van der Waals surface area contributed by atoms with E-state index in [2.05, 4.69) is 33.0 Å². The first-order valence-corrected chi connectivity index (χ1v) is 6.76. The maximum Gasteiger partial charge on any atom is -0.00127 e. The molecule has 0 aromatic rings. The highest BCUT2D eigenvalue weighted by atomic mass is 14.9. The normalized spacial score (nSPS) is 41.2. The molecule has 0 aromatic heterocycles. The Morgan fingerprint density at radius 2 is 1.73 bits per heavy atom. The molecule has 1 unspecified atom stereocenters. The van der Waals surface area contributed by atoms with E-state index in [4.69, 9.17) is 0 Å². The van der Waals surface area contributed by atoms with E-state index >= 15 is 0 Å². The van der Waals surface area contributed by atoms with E-state index in [0.717, 1.165) is 29.1 Å². The third kappa shape index (κ3) is 1.95. The van der Waals surface area contributed by atoms with E-state index in [-0.39, 0.29) is 0 Å². The minimum absolute atomic E-state index is 0.731. The summed E-state index contributed by atoms with van der Waals surface area (Å²) >= 11 is 0. The van der Waals surface area contributed by atoms with Crippen LogP contribution in [0.3, 0.4) is 0 Å². The Hall–Kier alpha value is -0.0400. The van der Waals surface area contributed by atoms with Crippen LogP contribution in [-0.4, -0.2) is 13.1 Å². The van der Waals surface area contributed by atoms with Crippen LogP contribution in [0.5, 0.6) is 0 Å². The first-order valence-electron chi connectivity index (χ1n) is 6.76. The minimum atomic E-state index is 0.731. The highest BCUT2D eigenvalue weighted by Gasteiger charge is 2.51. The molecule has 1 N–H and O–H groups in total. The molecule has 1 aliphatic heterocycles. The van der Waals surface area contributed by atoms with Crippen LogP contribution in [0.4, 0.5) is 0 Å². The predicted molar refractivity (Wildman–Crippen MR) is 65.8 cm³/mol. The van der Waals surface area contributed by atoms with Crippen molar-refractivity contribution >= 4 is 0 Å². The second-order valence-corrected chi connectivity index (χ2v) is 6.58. The third-order valence-corrected chi connectivity index (χ3v) is 5.04. The van der Waals surface area contributed by atoms with Crippen molar-refractivity contribution in [3.8, 4) is 0 Å². The van der Waals surface area contributed by atoms with Gasteiger partial charge in [-0.05, 0) is 61.4 Å². The maximum absolute atomic E-state index is 3.58. The number of nitrogens with one attached hydrogen (secondary N) is 1. The summed E-state index contributed by atoms with van der Waals surface area (Å²) in [5.41, 5.74) is 0.731. The lowest BCUT2D eigenvalue weighted by Gasteiger charge is -2.57. The molecule has 1 nitrogen and oxygen atoms in total. The summed E-state index contributed by atoms with van der Waals surface area (Å²) in [6.45, 7) is 12.1. The Kier molecular flexibility index (Phi) is 3.12. The number of rotatable bonds is 2. The summed E-state index contributed by atoms with van der Waals surface area (Å²) < 4.78 is 0. The molecule has 2 aliphatic rings. The molecule has 0 radical (unpaired) electrons. The second kappa shape index (κ2) is 4.08. The second-order valence-electron chi connectivity index (χ2n) is 6.58. The van der Waals surface area contributed by atoms with Crippen LogP contribution < -0.4 is 5.32 Å². The van der Waals surface area contributed by atoms with Gasteiger partial charge in [0.15, 0.2) is 0 Å². The van der Waals surface area contributed by atoms with E-state index in [1.54, 1.807) is 0 Å². The SMILES string of the molecule is CC(C)C1CC2(CCNCC2C(C)C)C1. The quantitative estimate of drug-likeness (QED) is 0.736. The Labute approximate surface area is 95.0 Å². The highest BCUT2D eigenvalue weighted by Crippen LogP contribution is 2.58. The van der Waals surface area contributed by atoms with Crippen molar-refractivity contribution in [2.75, 3.05) is 13.1 Å². The van der Waals surface area contributed by atoms with Crippen LogP contribution in [-0.2, 0) is 0 Å². The molecule has 2 fully saturated rings. The molecule has 1 heteroatoms. The molecular formula is C14H27N. The Morgan fingerprint density at radius 3 is 2.27 bits per heavy atom. The number of piperidine rings is 1. The summed E-state index contributed by atoms with van der Waals surface area (Å²) in [7, 11) is 0. The zero-order chi connectivity index (χ0) is 11.1. The summed E-state index contributed by atoms with van der Waals surface area (Å²) in [5, 5.41) is 3.58. The molecule has 0 bridgehead atoms. The average Bonchev–Trinajstić information content (AvgIpc) is 2.13. The Morgan fingerprint density at radius 1 is 1.07 bits per heavy atom. The molecule has 2 rings (SSSR count). The lowest BCUT2D eigenvalue weighted by atomic mass is 9.49. The van der Waals surface area contributed by atoms with Gasteiger partial charge in [-0.2, -0.15) is 0 Å². The highest BCUT2D eigenvalue weighted by molar-refractivity contribution is 5.02. The van der Waals surface area contributed by atoms with Crippen molar-refractivity contribution in [1.29, 1.82) is 0 Å². The third-order valence-electron chi connectivity index (χ3n) is 5.04. The van der Waals surface area contributed by atoms with Crippen LogP contribution in [0.15, 0.2) is 0 Å². The first kappa shape index (κ1) is 11.4. The van der Waals surface area contributed by atoms with Crippen LogP contribution in [0.2, 0.25) is 0 Å². The summed E-state index contributed by atoms with van der Waals surface area (Å²) in [5.74, 6) is 3.70. The molecule has 1 saturated heterocycles. The monoisotopic (exact) mass is 209 g/mol. The summed E-state index contributed by atoms with van der Waals surface area (Å²) in [6.07, 6.45) is 4.45. The van der Waals surface area contributed by atoms with Crippen molar-refractivity contribution in [2.45, 2.75) is 47.0 Å². The van der Waals surface area contributed by atoms with E-state index in [1.165, 1.54) is 32.4 Å². The standard InChI is InChI=1S/C14H27N/c1-10(2)12-7-14(8-12)5-6-15-9-13(14)11(3)4/h10-13,15H,5-9H2,1-4H3. The molecule has 1 heterocycles. The number of hydrogen-bond donors (Lipinski definition) is 1. The van der Waals surface area contributed by atoms with Gasteiger partial charge in [0.25, 0.3) is 0 Å². The van der Waals surface area contributed by atoms with E-state index in [1.807, 2.05) is 0 Å². The van der Waals surface area contributed by atoms with Gasteiger partial charge in [-0.15, -0.1) is 0 Å². The number of hydrogen-bond acceptors (Lipinski definition) is 1. The first-order chi connectivity index (χ1) is 7.05. The topological polar surface area (TPSA) is 12.0 Å². The van der Waals surface area contributed by atoms with Crippen molar-refractivity contribution in [1.82, 2.24) is 5.32 Å². The van der Waals surface area contributed by atoms with Crippen LogP contribution in [0.1, 0.15) is 47.0 Å². The fourth-order valence-corrected chi connectivity index (χ4v) is 3.90. The van der Waals surface area contributed by atoms with Gasteiger partial charge in [0.05, 0.1) is 0 Å². The van der Waals surface area contributed by atoms with Gasteiger partial charge >= 0.3 is 0 Å². The Balaban J connectivity index is 2.01. The predicted octanol–water partition coefficient (Wildman–Crippen LogP) is 3.30. The van der Waals surface area contributed by atoms with Gasteiger partial charge in [0.1, 0.15) is 0 Å². The minimum Gasteiger partial charge on any atom is -0.316 e. The smallest absolute Gasteiger partial charge is 0.00127 e. The fraction of sp³-hybridized carbons (Fsp3) is 1.00. The van der Waals surface area contributed by atoms with Crippen LogP contribution in [0.25, 0.3) is 0 Å². The molecule has 1 saturated carbocycles. The molecule has 1 atom stereocenters. The largest absolute Gasteiger partial charge is 0.316 e. The summed E-state index contributed by atoms with van der Waals surface area (Å²) in [4.78, 5) is 0. The molecule has 0 aromatic carbocycles. The van der Waals surface area contributed by atoms with E-state index < -0.39 is 0 Å². The zero-order valence-electron chi connectivity index (χ0n) is 10.8. The lowest BCUT2D eigenvalue weighted by Crippen LogP contribution is -2.54. The zero-order valence-corrected chi connectivity index (χ0v) is 10.8. The van der Waals surface area contributed by atoms with Crippen molar-refractivity contribution in [3.63, 3.8) is 0 Å². The van der Waals surface area contributed by atoms with Crippen LogP contribution >= 0.6 is 0 Å². The van der Waals surface area contributed by atoms with Gasteiger partial charge in [-0.3, -0.25) is 0 Å². The Bertz CT molecular complexity index is 213. The molecule has 88 valence electrons. The molecule has 0 amide bonds. The molecule has 1 aliphatic carbocycles. The van der Waals surface area contributed by atoms with Gasteiger partial charge in [-0.1, -0.05) is 27.7 Å². The fourth-order valence-electron chi connectivity index (χ4n) is 3.90. The lowest BCUT2D eigenvalue weighted by molar-refractivity contribution is -0.0672. The van der Waals surface area contributed by atoms with Gasteiger partial charge in [0, 0.05) is 0 Å². The van der Waals surface area contributed by atoms with Crippen molar-refractivity contribution in [2.24, 2.45) is 29.1 Å². The molecule has 1 spiro atoms. The van der Waals surface area contributed by atoms with Crippen molar-refractivity contribution < 1.29 is 0 Å².